The van der Waals surface area contributed by atoms with Crippen molar-refractivity contribution < 1.29 is 36.2 Å². The number of alkyl halides is 6. The molecule has 0 heterocycles. The van der Waals surface area contributed by atoms with E-state index < -0.39 is 36.6 Å². The maximum Gasteiger partial charge on any atom is 0.467 e. The summed E-state index contributed by atoms with van der Waals surface area (Å²) in [6.07, 6.45) is -7.61. The van der Waals surface area contributed by atoms with Crippen LogP contribution in [0.25, 0.3) is 0 Å². The molecule has 1 saturated carbocycles. The maximum atomic E-state index is 12.5. The van der Waals surface area contributed by atoms with E-state index in [0.29, 0.717) is 18.3 Å². The Balaban J connectivity index is 1.92. The number of hydrogen-bond donors (Lipinski definition) is 1. The van der Waals surface area contributed by atoms with Gasteiger partial charge in [0.2, 0.25) is 0 Å². The molecule has 1 aromatic carbocycles. The van der Waals surface area contributed by atoms with Crippen LogP contribution in [-0.2, 0) is 0 Å². The molecular weight excluding hydrogens is 376 g/mol. The molecule has 0 saturated heterocycles. The molecule has 27 heavy (non-hydrogen) atoms. The summed E-state index contributed by atoms with van der Waals surface area (Å²) in [5.74, 6) is 0.889. The molecule has 3 nitrogen and oxygen atoms in total. The minimum absolute atomic E-state index is 0.223. The van der Waals surface area contributed by atoms with Crippen LogP contribution in [-0.4, -0.2) is 35.8 Å². The zero-order valence-corrected chi connectivity index (χ0v) is 14.7. The minimum atomic E-state index is -5.55. The van der Waals surface area contributed by atoms with Gasteiger partial charge in [-0.1, -0.05) is 31.4 Å². The Morgan fingerprint density at radius 1 is 1.04 bits per heavy atom. The van der Waals surface area contributed by atoms with Crippen LogP contribution in [0.4, 0.5) is 26.3 Å². The van der Waals surface area contributed by atoms with E-state index in [9.17, 15) is 31.4 Å². The quantitative estimate of drug-likeness (QED) is 0.492. The molecule has 1 unspecified atom stereocenters. The van der Waals surface area contributed by atoms with E-state index in [1.807, 2.05) is 0 Å². The Morgan fingerprint density at radius 2 is 1.67 bits per heavy atom. The third-order valence-electron chi connectivity index (χ3n) is 4.69. The number of aliphatic hydroxyl groups is 1. The molecule has 0 spiro atoms. The Labute approximate surface area is 153 Å². The van der Waals surface area contributed by atoms with Crippen LogP contribution in [0.3, 0.4) is 0 Å². The van der Waals surface area contributed by atoms with Crippen LogP contribution in [0.2, 0.25) is 0 Å². The standard InChI is InChI=1S/C18H23F6NO2/c19-17(20,21)25(18(22,23)24)10-9-16(26)14-7-4-8-15(11-14)27-12-13-5-2-1-3-6-13/h4,7-8,11,13,16,26H,1-3,5-6,9-10,12H2. The van der Waals surface area contributed by atoms with E-state index in [4.69, 9.17) is 4.74 Å². The summed E-state index contributed by atoms with van der Waals surface area (Å²) in [4.78, 5) is -1.54. The Kier molecular flexibility index (Phi) is 7.39. The summed E-state index contributed by atoms with van der Waals surface area (Å²) in [6.45, 7) is -0.878. The molecule has 1 aromatic rings. The molecule has 0 aromatic heterocycles. The first kappa shape index (κ1) is 21.8. The highest BCUT2D eigenvalue weighted by molar-refractivity contribution is 5.30. The summed E-state index contributed by atoms with van der Waals surface area (Å²) in [6, 6.07) is 6.11. The average Bonchev–Trinajstić information content (AvgIpc) is 2.59. The molecule has 9 heteroatoms. The molecule has 1 fully saturated rings. The highest BCUT2D eigenvalue weighted by Crippen LogP contribution is 2.34. The maximum absolute atomic E-state index is 12.5. The minimum Gasteiger partial charge on any atom is -0.493 e. The fourth-order valence-electron chi connectivity index (χ4n) is 3.19. The molecule has 0 radical (unpaired) electrons. The first-order valence-corrected chi connectivity index (χ1v) is 8.89. The van der Waals surface area contributed by atoms with Crippen molar-refractivity contribution in [2.75, 3.05) is 13.2 Å². The van der Waals surface area contributed by atoms with Crippen molar-refractivity contribution in [2.24, 2.45) is 5.92 Å². The van der Waals surface area contributed by atoms with Gasteiger partial charge in [-0.05, 0) is 42.9 Å². The zero-order chi connectivity index (χ0) is 20.1. The number of rotatable bonds is 7. The summed E-state index contributed by atoms with van der Waals surface area (Å²) in [5, 5.41) is 10.0. The van der Waals surface area contributed by atoms with Crippen LogP contribution < -0.4 is 4.74 Å². The second-order valence-electron chi connectivity index (χ2n) is 6.78. The van der Waals surface area contributed by atoms with E-state index in [-0.39, 0.29) is 5.56 Å². The number of hydrogen-bond acceptors (Lipinski definition) is 3. The van der Waals surface area contributed by atoms with Crippen molar-refractivity contribution in [2.45, 2.75) is 57.2 Å². The topological polar surface area (TPSA) is 32.7 Å². The van der Waals surface area contributed by atoms with E-state index in [2.05, 4.69) is 0 Å². The number of ether oxygens (including phenoxy) is 1. The fourth-order valence-corrected chi connectivity index (χ4v) is 3.19. The van der Waals surface area contributed by atoms with E-state index in [1.165, 1.54) is 18.6 Å². The normalized spacial score (nSPS) is 17.9. The summed E-state index contributed by atoms with van der Waals surface area (Å²) in [5.41, 5.74) is 0.223. The molecule has 1 N–H and O–H groups in total. The van der Waals surface area contributed by atoms with Crippen molar-refractivity contribution >= 4 is 0 Å². The molecule has 0 bridgehead atoms. The van der Waals surface area contributed by atoms with Gasteiger partial charge in [0.1, 0.15) is 5.75 Å². The van der Waals surface area contributed by atoms with Crippen molar-refractivity contribution in [3.63, 3.8) is 0 Å². The molecule has 1 aliphatic carbocycles. The lowest BCUT2D eigenvalue weighted by atomic mass is 9.90. The second-order valence-corrected chi connectivity index (χ2v) is 6.78. The number of nitrogens with zero attached hydrogens (tertiary/aromatic N) is 1. The van der Waals surface area contributed by atoms with Crippen molar-refractivity contribution in [3.05, 3.63) is 29.8 Å². The fraction of sp³-hybridized carbons (Fsp3) is 0.667. The van der Waals surface area contributed by atoms with Gasteiger partial charge in [0.05, 0.1) is 12.7 Å². The van der Waals surface area contributed by atoms with Gasteiger partial charge in [0.15, 0.2) is 0 Å². The van der Waals surface area contributed by atoms with E-state index in [0.717, 1.165) is 25.7 Å². The molecule has 1 aliphatic rings. The van der Waals surface area contributed by atoms with Gasteiger partial charge < -0.3 is 9.84 Å². The van der Waals surface area contributed by atoms with Crippen molar-refractivity contribution in [3.8, 4) is 5.75 Å². The number of benzene rings is 1. The Morgan fingerprint density at radius 3 is 2.26 bits per heavy atom. The van der Waals surface area contributed by atoms with Gasteiger partial charge >= 0.3 is 12.6 Å². The summed E-state index contributed by atoms with van der Waals surface area (Å²) < 4.78 is 80.8. The van der Waals surface area contributed by atoms with Crippen LogP contribution in [0.5, 0.6) is 5.75 Å². The van der Waals surface area contributed by atoms with Crippen LogP contribution >= 0.6 is 0 Å². The predicted octanol–water partition coefficient (Wildman–Crippen LogP) is 5.41. The highest BCUT2D eigenvalue weighted by Gasteiger charge is 2.53. The summed E-state index contributed by atoms with van der Waals surface area (Å²) in [7, 11) is 0. The zero-order valence-electron chi connectivity index (χ0n) is 14.7. The van der Waals surface area contributed by atoms with Crippen LogP contribution in [0, 0.1) is 5.92 Å². The molecule has 2 rings (SSSR count). The molecular formula is C18H23F6NO2. The molecule has 1 atom stereocenters. The largest absolute Gasteiger partial charge is 0.493 e. The highest BCUT2D eigenvalue weighted by atomic mass is 19.4. The van der Waals surface area contributed by atoms with Gasteiger partial charge in [-0.3, -0.25) is 0 Å². The molecule has 154 valence electrons. The van der Waals surface area contributed by atoms with Gasteiger partial charge in [-0.15, -0.1) is 4.90 Å². The van der Waals surface area contributed by atoms with Gasteiger partial charge in [-0.2, -0.15) is 26.3 Å². The number of halogens is 6. The third kappa shape index (κ3) is 6.88. The second kappa shape index (κ2) is 9.14. The predicted molar refractivity (Wildman–Crippen MR) is 86.9 cm³/mol. The van der Waals surface area contributed by atoms with Gasteiger partial charge in [0.25, 0.3) is 0 Å². The van der Waals surface area contributed by atoms with Crippen LogP contribution in [0.15, 0.2) is 24.3 Å². The third-order valence-corrected chi connectivity index (χ3v) is 4.69. The smallest absolute Gasteiger partial charge is 0.467 e. The lowest BCUT2D eigenvalue weighted by Gasteiger charge is -2.27. The SMILES string of the molecule is OC(CCN(C(F)(F)F)C(F)(F)F)c1cccc(OCC2CCCCC2)c1. The number of aliphatic hydroxyl groups excluding tert-OH is 1. The lowest BCUT2D eigenvalue weighted by Crippen LogP contribution is -2.48. The van der Waals surface area contributed by atoms with Gasteiger partial charge in [-0.25, -0.2) is 0 Å². The lowest BCUT2D eigenvalue weighted by molar-refractivity contribution is -0.373. The molecule has 0 amide bonds. The van der Waals surface area contributed by atoms with Crippen molar-refractivity contribution in [1.82, 2.24) is 4.90 Å². The van der Waals surface area contributed by atoms with Gasteiger partial charge in [0, 0.05) is 6.54 Å². The Hall–Kier alpha value is -1.48. The van der Waals surface area contributed by atoms with E-state index in [1.54, 1.807) is 12.1 Å². The monoisotopic (exact) mass is 399 g/mol. The van der Waals surface area contributed by atoms with E-state index >= 15 is 0 Å². The Bertz CT molecular complexity index is 570. The van der Waals surface area contributed by atoms with Crippen molar-refractivity contribution in [1.29, 1.82) is 0 Å². The average molecular weight is 399 g/mol. The first-order valence-electron chi connectivity index (χ1n) is 8.89. The van der Waals surface area contributed by atoms with Crippen LogP contribution in [0.1, 0.15) is 50.2 Å². The summed E-state index contributed by atoms with van der Waals surface area (Å²) >= 11 is 0. The first-order chi connectivity index (χ1) is 12.6. The molecule has 0 aliphatic heterocycles.